The molecular weight excluding hydrogens is 351 g/mol. The average molecular weight is 380 g/mol. The van der Waals surface area contributed by atoms with Gasteiger partial charge in [0.15, 0.2) is 0 Å². The number of nitrogens with two attached hydrogens (primary N) is 1. The number of hydrogen-bond donors (Lipinski definition) is 2. The van der Waals surface area contributed by atoms with Crippen molar-refractivity contribution in [3.8, 4) is 0 Å². The number of morpholine rings is 1. The number of nitrogens with zero attached hydrogens (tertiary/aromatic N) is 2. The lowest BCUT2D eigenvalue weighted by molar-refractivity contribution is -0.125. The summed E-state index contributed by atoms with van der Waals surface area (Å²) in [6.45, 7) is 7.77. The van der Waals surface area contributed by atoms with Gasteiger partial charge in [-0.05, 0) is 30.7 Å². The summed E-state index contributed by atoms with van der Waals surface area (Å²) in [7, 11) is 1.83. The number of likely N-dealkylation sites (N-methyl/N-ethyl adjacent to an activating group) is 1. The molecule has 0 aromatic heterocycles. The summed E-state index contributed by atoms with van der Waals surface area (Å²) < 4.78 is 19.6. The summed E-state index contributed by atoms with van der Waals surface area (Å²) in [5, 5.41) is 2.61. The van der Waals surface area contributed by atoms with Crippen LogP contribution in [0.3, 0.4) is 0 Å². The molecule has 2 rings (SSSR count). The minimum Gasteiger partial charge on any atom is -0.370 e. The van der Waals surface area contributed by atoms with E-state index in [0.29, 0.717) is 25.4 Å². The van der Waals surface area contributed by atoms with E-state index in [9.17, 15) is 14.0 Å². The third-order valence-corrected chi connectivity index (χ3v) is 4.29. The van der Waals surface area contributed by atoms with E-state index in [4.69, 9.17) is 10.5 Å². The van der Waals surface area contributed by atoms with E-state index >= 15 is 0 Å². The molecule has 0 saturated carbocycles. The first-order chi connectivity index (χ1) is 12.6. The van der Waals surface area contributed by atoms with Crippen LogP contribution >= 0.6 is 0 Å². The van der Waals surface area contributed by atoms with Crippen molar-refractivity contribution in [2.75, 3.05) is 50.1 Å². The minimum absolute atomic E-state index is 0.0000424. The molecule has 1 aromatic rings. The third kappa shape index (κ3) is 5.72. The lowest BCUT2D eigenvalue weighted by atomic mass is 9.95. The smallest absolute Gasteiger partial charge is 0.253 e. The molecule has 1 fully saturated rings. The monoisotopic (exact) mass is 380 g/mol. The van der Waals surface area contributed by atoms with Gasteiger partial charge in [0.1, 0.15) is 18.5 Å². The Kier molecular flexibility index (Phi) is 6.91. The molecule has 150 valence electrons. The summed E-state index contributed by atoms with van der Waals surface area (Å²) in [5.74, 6) is -1.18. The maximum absolute atomic E-state index is 14.5. The SMILES string of the molecule is CN(CC(C)(C)C)[C@H](CN)C(=O)Nc1ccc(N2CCOCC2=O)cc1F. The molecule has 1 saturated heterocycles. The number of amides is 2. The van der Waals surface area contributed by atoms with E-state index in [1.54, 1.807) is 6.07 Å². The number of benzene rings is 1. The normalized spacial score (nSPS) is 16.6. The number of rotatable bonds is 6. The van der Waals surface area contributed by atoms with Gasteiger partial charge in [-0.25, -0.2) is 4.39 Å². The number of hydrogen-bond acceptors (Lipinski definition) is 5. The molecule has 1 aromatic carbocycles. The van der Waals surface area contributed by atoms with Crippen molar-refractivity contribution in [3.63, 3.8) is 0 Å². The van der Waals surface area contributed by atoms with E-state index in [2.05, 4.69) is 26.1 Å². The van der Waals surface area contributed by atoms with Crippen LogP contribution in [0.4, 0.5) is 15.8 Å². The molecule has 1 atom stereocenters. The van der Waals surface area contributed by atoms with Crippen molar-refractivity contribution in [1.82, 2.24) is 4.90 Å². The zero-order valence-corrected chi connectivity index (χ0v) is 16.4. The van der Waals surface area contributed by atoms with Crippen LogP contribution in [0, 0.1) is 11.2 Å². The summed E-state index contributed by atoms with van der Waals surface area (Å²) in [5.41, 5.74) is 6.28. The molecule has 8 heteroatoms. The Balaban J connectivity index is 2.09. The summed E-state index contributed by atoms with van der Waals surface area (Å²) in [6.07, 6.45) is 0. The topological polar surface area (TPSA) is 87.9 Å². The molecule has 2 amide bonds. The second-order valence-electron chi connectivity index (χ2n) is 7.98. The maximum Gasteiger partial charge on any atom is 0.253 e. The van der Waals surface area contributed by atoms with Crippen molar-refractivity contribution >= 4 is 23.2 Å². The van der Waals surface area contributed by atoms with Gasteiger partial charge in [-0.2, -0.15) is 0 Å². The first-order valence-corrected chi connectivity index (χ1v) is 9.01. The number of nitrogens with one attached hydrogen (secondary N) is 1. The number of carbonyl (C=O) groups excluding carboxylic acids is 2. The highest BCUT2D eigenvalue weighted by atomic mass is 19.1. The van der Waals surface area contributed by atoms with Crippen molar-refractivity contribution in [2.45, 2.75) is 26.8 Å². The molecule has 7 nitrogen and oxygen atoms in total. The number of ether oxygens (including phenoxy) is 1. The van der Waals surface area contributed by atoms with Gasteiger partial charge in [-0.1, -0.05) is 20.8 Å². The fourth-order valence-electron chi connectivity index (χ4n) is 3.13. The Morgan fingerprint density at radius 1 is 1.44 bits per heavy atom. The van der Waals surface area contributed by atoms with Crippen LogP contribution in [0.1, 0.15) is 20.8 Å². The first-order valence-electron chi connectivity index (χ1n) is 9.01. The molecular formula is C19H29FN4O3. The first kappa shape index (κ1) is 21.3. The lowest BCUT2D eigenvalue weighted by Crippen LogP contribution is -2.49. The molecule has 1 aliphatic heterocycles. The van der Waals surface area contributed by atoms with Crippen molar-refractivity contribution in [1.29, 1.82) is 0 Å². The van der Waals surface area contributed by atoms with Gasteiger partial charge < -0.3 is 20.7 Å². The molecule has 0 radical (unpaired) electrons. The van der Waals surface area contributed by atoms with Gasteiger partial charge in [-0.3, -0.25) is 14.5 Å². The Labute approximate surface area is 159 Å². The predicted molar refractivity (Wildman–Crippen MR) is 103 cm³/mol. The second kappa shape index (κ2) is 8.77. The van der Waals surface area contributed by atoms with Gasteiger partial charge in [-0.15, -0.1) is 0 Å². The van der Waals surface area contributed by atoms with E-state index in [-0.39, 0.29) is 36.1 Å². The third-order valence-electron chi connectivity index (χ3n) is 4.29. The van der Waals surface area contributed by atoms with Crippen LogP contribution in [-0.2, 0) is 14.3 Å². The Hall–Kier alpha value is -2.03. The standard InChI is InChI=1S/C19H29FN4O3/c1-19(2,3)12-23(4)16(10-21)18(26)22-15-6-5-13(9-14(15)20)24-7-8-27-11-17(24)25/h5-6,9,16H,7-8,10-12,21H2,1-4H3,(H,22,26)/t16-/m1/s1. The molecule has 0 aliphatic carbocycles. The minimum atomic E-state index is -0.602. The lowest BCUT2D eigenvalue weighted by Gasteiger charge is -2.32. The largest absolute Gasteiger partial charge is 0.370 e. The van der Waals surface area contributed by atoms with Crippen LogP contribution in [0.25, 0.3) is 0 Å². The molecule has 3 N–H and O–H groups in total. The van der Waals surface area contributed by atoms with Crippen molar-refractivity contribution in [3.05, 3.63) is 24.0 Å². The molecule has 0 unspecified atom stereocenters. The summed E-state index contributed by atoms with van der Waals surface area (Å²) in [6, 6.07) is 3.75. The molecule has 27 heavy (non-hydrogen) atoms. The van der Waals surface area contributed by atoms with Crippen LogP contribution in [-0.4, -0.2) is 62.7 Å². The van der Waals surface area contributed by atoms with Crippen LogP contribution in [0.5, 0.6) is 0 Å². The Bertz CT molecular complexity index is 690. The van der Waals surface area contributed by atoms with Gasteiger partial charge in [0.05, 0.1) is 12.3 Å². The van der Waals surface area contributed by atoms with E-state index in [1.165, 1.54) is 17.0 Å². The Morgan fingerprint density at radius 3 is 2.70 bits per heavy atom. The van der Waals surface area contributed by atoms with Crippen LogP contribution in [0.15, 0.2) is 18.2 Å². The number of halogens is 1. The van der Waals surface area contributed by atoms with Crippen molar-refractivity contribution in [2.24, 2.45) is 11.1 Å². The summed E-state index contributed by atoms with van der Waals surface area (Å²) >= 11 is 0. The fourth-order valence-corrected chi connectivity index (χ4v) is 3.13. The zero-order valence-electron chi connectivity index (χ0n) is 16.4. The van der Waals surface area contributed by atoms with E-state index in [1.807, 2.05) is 11.9 Å². The predicted octanol–water partition coefficient (Wildman–Crippen LogP) is 1.43. The highest BCUT2D eigenvalue weighted by molar-refractivity contribution is 5.97. The number of anilines is 2. The second-order valence-corrected chi connectivity index (χ2v) is 7.98. The highest BCUT2D eigenvalue weighted by Crippen LogP contribution is 2.24. The zero-order chi connectivity index (χ0) is 20.2. The highest BCUT2D eigenvalue weighted by Gasteiger charge is 2.26. The Morgan fingerprint density at radius 2 is 2.15 bits per heavy atom. The van der Waals surface area contributed by atoms with Crippen LogP contribution in [0.2, 0.25) is 0 Å². The van der Waals surface area contributed by atoms with Gasteiger partial charge in [0.2, 0.25) is 5.91 Å². The van der Waals surface area contributed by atoms with E-state index in [0.717, 1.165) is 0 Å². The van der Waals surface area contributed by atoms with Gasteiger partial charge >= 0.3 is 0 Å². The maximum atomic E-state index is 14.5. The van der Waals surface area contributed by atoms with Crippen molar-refractivity contribution < 1.29 is 18.7 Å². The molecule has 0 spiro atoms. The van der Waals surface area contributed by atoms with Gasteiger partial charge in [0.25, 0.3) is 5.91 Å². The molecule has 1 aliphatic rings. The van der Waals surface area contributed by atoms with E-state index < -0.39 is 11.9 Å². The quantitative estimate of drug-likeness (QED) is 0.780. The van der Waals surface area contributed by atoms with Gasteiger partial charge in [0, 0.05) is 25.3 Å². The number of carbonyl (C=O) groups is 2. The summed E-state index contributed by atoms with van der Waals surface area (Å²) in [4.78, 5) is 27.8. The average Bonchev–Trinajstić information content (AvgIpc) is 2.56. The molecule has 1 heterocycles. The van der Waals surface area contributed by atoms with Crippen LogP contribution < -0.4 is 16.0 Å². The fraction of sp³-hybridized carbons (Fsp3) is 0.579. The molecule has 0 bridgehead atoms.